The second-order valence-corrected chi connectivity index (χ2v) is 17.7. The molecule has 3 heterocycles. The third-order valence-corrected chi connectivity index (χ3v) is 13.6. The van der Waals surface area contributed by atoms with Crippen LogP contribution in [0.3, 0.4) is 0 Å². The fourth-order valence-electron chi connectivity index (χ4n) is 10.5. The second kappa shape index (κ2) is 15.9. The van der Waals surface area contributed by atoms with Gasteiger partial charge in [0.15, 0.2) is 17.5 Å². The maximum Gasteiger partial charge on any atom is 0.164 e. The minimum atomic E-state index is -0.502. The molecule has 0 saturated heterocycles. The van der Waals surface area contributed by atoms with Crippen molar-refractivity contribution in [3.05, 3.63) is 258 Å². The molecule has 0 fully saturated rings. The topological polar surface area (TPSA) is 64.5 Å². The third-order valence-electron chi connectivity index (χ3n) is 13.6. The van der Waals surface area contributed by atoms with E-state index in [2.05, 4.69) is 219 Å². The summed E-state index contributed by atoms with van der Waals surface area (Å²) in [4.78, 5) is 26.2. The van der Waals surface area contributed by atoms with Crippen LogP contribution in [0.2, 0.25) is 0 Å². The van der Waals surface area contributed by atoms with Crippen molar-refractivity contribution in [3.63, 3.8) is 0 Å². The Morgan fingerprint density at radius 2 is 0.603 bits per heavy atom. The molecule has 0 atom stereocenters. The number of pyridine rings is 2. The van der Waals surface area contributed by atoms with Crippen molar-refractivity contribution < 1.29 is 0 Å². The number of aromatic nitrogens is 5. The molecule has 318 valence electrons. The largest absolute Gasteiger partial charge is 0.248 e. The highest BCUT2D eigenvalue weighted by Crippen LogP contribution is 2.63. The van der Waals surface area contributed by atoms with E-state index in [9.17, 15) is 0 Å². The van der Waals surface area contributed by atoms with Gasteiger partial charge in [0.2, 0.25) is 0 Å². The molecule has 5 nitrogen and oxygen atoms in total. The first-order valence-electron chi connectivity index (χ1n) is 23.1. The highest BCUT2D eigenvalue weighted by atomic mass is 15.0. The minimum absolute atomic E-state index is 0.502. The summed E-state index contributed by atoms with van der Waals surface area (Å²) in [6.07, 6.45) is 0. The summed E-state index contributed by atoms with van der Waals surface area (Å²) in [5, 5.41) is 0. The van der Waals surface area contributed by atoms with Crippen molar-refractivity contribution in [3.8, 4) is 101 Å². The molecule has 5 heteroatoms. The lowest BCUT2D eigenvalue weighted by atomic mass is 9.70. The van der Waals surface area contributed by atoms with E-state index in [1.165, 1.54) is 50.1 Å². The third kappa shape index (κ3) is 6.43. The average Bonchev–Trinajstić information content (AvgIpc) is 3.88. The van der Waals surface area contributed by atoms with Crippen LogP contribution in [0.25, 0.3) is 101 Å². The van der Waals surface area contributed by atoms with Crippen LogP contribution in [0.4, 0.5) is 0 Å². The second-order valence-electron chi connectivity index (χ2n) is 17.7. The first-order valence-corrected chi connectivity index (χ1v) is 23.1. The molecule has 11 aromatic rings. The number of aryl methyl sites for hydroxylation is 1. The molecule has 13 rings (SSSR count). The van der Waals surface area contributed by atoms with Gasteiger partial charge in [0, 0.05) is 38.9 Å². The first-order chi connectivity index (χ1) is 33.6. The van der Waals surface area contributed by atoms with Crippen molar-refractivity contribution in [2.24, 2.45) is 0 Å². The van der Waals surface area contributed by atoms with Crippen molar-refractivity contribution in [2.75, 3.05) is 0 Å². The highest BCUT2D eigenvalue weighted by Gasteiger charge is 2.51. The molecule has 2 aliphatic carbocycles. The van der Waals surface area contributed by atoms with E-state index in [-0.39, 0.29) is 0 Å². The fraction of sp³-hybridized carbons (Fsp3) is 0.0317. The Morgan fingerprint density at radius 3 is 1.10 bits per heavy atom. The van der Waals surface area contributed by atoms with E-state index in [1.807, 2.05) is 18.2 Å². The Balaban J connectivity index is 0.982. The van der Waals surface area contributed by atoms with Crippen molar-refractivity contribution in [1.29, 1.82) is 0 Å². The van der Waals surface area contributed by atoms with Crippen LogP contribution in [0.1, 0.15) is 27.8 Å². The Labute approximate surface area is 395 Å². The maximum atomic E-state index is 5.36. The molecular weight excluding hydrogens is 827 g/mol. The van der Waals surface area contributed by atoms with Crippen LogP contribution >= 0.6 is 0 Å². The van der Waals surface area contributed by atoms with E-state index in [1.54, 1.807) is 0 Å². The first kappa shape index (κ1) is 39.4. The molecule has 0 saturated carbocycles. The van der Waals surface area contributed by atoms with Gasteiger partial charge in [-0.2, -0.15) is 0 Å². The van der Waals surface area contributed by atoms with Gasteiger partial charge in [-0.1, -0.05) is 194 Å². The van der Waals surface area contributed by atoms with Gasteiger partial charge in [0.05, 0.1) is 28.2 Å². The van der Waals surface area contributed by atoms with Crippen LogP contribution in [-0.4, -0.2) is 24.9 Å². The van der Waals surface area contributed by atoms with Crippen molar-refractivity contribution in [1.82, 2.24) is 24.9 Å². The van der Waals surface area contributed by atoms with Crippen LogP contribution < -0.4 is 0 Å². The Morgan fingerprint density at radius 1 is 0.250 bits per heavy atom. The van der Waals surface area contributed by atoms with Crippen molar-refractivity contribution in [2.45, 2.75) is 12.3 Å². The molecule has 2 aliphatic rings. The van der Waals surface area contributed by atoms with Gasteiger partial charge in [-0.3, -0.25) is 0 Å². The maximum absolute atomic E-state index is 5.36. The molecule has 0 unspecified atom stereocenters. The van der Waals surface area contributed by atoms with E-state index < -0.39 is 5.41 Å². The van der Waals surface area contributed by atoms with Crippen LogP contribution in [0.15, 0.2) is 231 Å². The lowest BCUT2D eigenvalue weighted by molar-refractivity contribution is 0.794. The summed E-state index contributed by atoms with van der Waals surface area (Å²) in [7, 11) is 0. The minimum Gasteiger partial charge on any atom is -0.248 e. The standard InChI is InChI=1S/C63H41N5/c1-40-31-33-42(34-32-40)57-28-14-30-59(65-57)44-18-12-20-46(38-44)61-66-60(45-19-11-17-43(37-45)58-29-13-27-56(64-58)41-15-3-2-4-16-41)67-62(68-61)47-35-36-51-50-23-7-10-26-54(50)63(55(51)39-47)52-24-8-5-21-48(52)49-22-6-9-25-53(49)63/h2-39H,1H3. The van der Waals surface area contributed by atoms with Gasteiger partial charge in [-0.25, -0.2) is 24.9 Å². The smallest absolute Gasteiger partial charge is 0.164 e. The van der Waals surface area contributed by atoms with Crippen molar-refractivity contribution >= 4 is 0 Å². The molecule has 8 aromatic carbocycles. The zero-order valence-corrected chi connectivity index (χ0v) is 37.2. The highest BCUT2D eigenvalue weighted by molar-refractivity contribution is 5.96. The molecule has 0 radical (unpaired) electrons. The van der Waals surface area contributed by atoms with Gasteiger partial charge >= 0.3 is 0 Å². The monoisotopic (exact) mass is 867 g/mol. The van der Waals surface area contributed by atoms with Gasteiger partial charge in [-0.15, -0.1) is 0 Å². The number of nitrogens with zero attached hydrogens (tertiary/aromatic N) is 5. The Hall–Kier alpha value is -8.93. The van der Waals surface area contributed by atoms with Gasteiger partial charge in [0.25, 0.3) is 0 Å². The number of fused-ring (bicyclic) bond motifs is 10. The van der Waals surface area contributed by atoms with Gasteiger partial charge in [-0.05, 0) is 93.9 Å². The van der Waals surface area contributed by atoms with Crippen LogP contribution in [0.5, 0.6) is 0 Å². The van der Waals surface area contributed by atoms with E-state index in [0.717, 1.165) is 61.7 Å². The van der Waals surface area contributed by atoms with Gasteiger partial charge < -0.3 is 0 Å². The van der Waals surface area contributed by atoms with E-state index in [4.69, 9.17) is 24.9 Å². The predicted octanol–water partition coefficient (Wildman–Crippen LogP) is 15.0. The zero-order valence-electron chi connectivity index (χ0n) is 37.2. The fourth-order valence-corrected chi connectivity index (χ4v) is 10.5. The molecule has 3 aromatic heterocycles. The normalized spacial score (nSPS) is 12.6. The Kier molecular flexibility index (Phi) is 9.22. The SMILES string of the molecule is Cc1ccc(-c2cccc(-c3cccc(-c4nc(-c5cccc(-c6cccc(-c7ccccc7)n6)c5)nc(-c5ccc6c(c5)C5(c7ccccc7-c7ccccc75)c5ccccc5-6)n4)c3)n2)cc1. The van der Waals surface area contributed by atoms with Crippen LogP contribution in [-0.2, 0) is 5.41 Å². The summed E-state index contributed by atoms with van der Waals surface area (Å²) < 4.78 is 0. The molecule has 68 heavy (non-hydrogen) atoms. The molecular formula is C63H41N5. The summed E-state index contributed by atoms with van der Waals surface area (Å²) in [6, 6.07) is 81.4. The quantitative estimate of drug-likeness (QED) is 0.160. The Bertz CT molecular complexity index is 3700. The molecule has 0 bridgehead atoms. The lowest BCUT2D eigenvalue weighted by Gasteiger charge is -2.30. The average molecular weight is 868 g/mol. The summed E-state index contributed by atoms with van der Waals surface area (Å²) in [5.74, 6) is 1.75. The number of rotatable bonds is 7. The summed E-state index contributed by atoms with van der Waals surface area (Å²) in [6.45, 7) is 2.10. The lowest BCUT2D eigenvalue weighted by Crippen LogP contribution is -2.25. The summed E-state index contributed by atoms with van der Waals surface area (Å²) >= 11 is 0. The van der Waals surface area contributed by atoms with Crippen LogP contribution in [0, 0.1) is 6.92 Å². The molecule has 0 amide bonds. The number of benzene rings is 8. The molecule has 0 N–H and O–H groups in total. The summed E-state index contributed by atoms with van der Waals surface area (Å²) in [5.41, 5.74) is 21.1. The van der Waals surface area contributed by atoms with Gasteiger partial charge in [0.1, 0.15) is 0 Å². The molecule has 1 spiro atoms. The molecule has 0 aliphatic heterocycles. The number of hydrogen-bond acceptors (Lipinski definition) is 5. The van der Waals surface area contributed by atoms with E-state index >= 15 is 0 Å². The number of hydrogen-bond donors (Lipinski definition) is 0. The predicted molar refractivity (Wildman–Crippen MR) is 275 cm³/mol. The zero-order chi connectivity index (χ0) is 45.2. The van der Waals surface area contributed by atoms with E-state index in [0.29, 0.717) is 17.5 Å².